The lowest BCUT2D eigenvalue weighted by atomic mass is 9.64. The summed E-state index contributed by atoms with van der Waals surface area (Å²) < 4.78 is 14.6. The molecular formula is C22H34O9. The van der Waals surface area contributed by atoms with Crippen molar-refractivity contribution in [2.24, 2.45) is 11.3 Å². The summed E-state index contributed by atoms with van der Waals surface area (Å²) in [7, 11) is 0. The summed E-state index contributed by atoms with van der Waals surface area (Å²) in [6.07, 6.45) is 6.33. The van der Waals surface area contributed by atoms with E-state index in [1.54, 1.807) is 0 Å². The van der Waals surface area contributed by atoms with Crippen LogP contribution in [0.4, 0.5) is 0 Å². The molecule has 0 amide bonds. The lowest BCUT2D eigenvalue weighted by Crippen LogP contribution is -2.45. The van der Waals surface area contributed by atoms with Crippen molar-refractivity contribution in [2.45, 2.75) is 51.9 Å². The predicted octanol–water partition coefficient (Wildman–Crippen LogP) is 2.98. The standard InChI is InChI=1S/C13H18O6.C9H16O3/c1-2-10(14)19-8-7-13(12(17)18)6-4-3-5-9(13)11(15)16;1-3-5-6-11-7-8-12-9(10)4-2/h2,9H,1,3-8H2,(H,15,16)(H,17,18);4H,2-3,5-8H2,1H3. The molecule has 0 saturated heterocycles. The molecule has 31 heavy (non-hydrogen) atoms. The van der Waals surface area contributed by atoms with Gasteiger partial charge in [0.1, 0.15) is 6.61 Å². The summed E-state index contributed by atoms with van der Waals surface area (Å²) in [6, 6.07) is 0. The van der Waals surface area contributed by atoms with Crippen molar-refractivity contribution in [3.8, 4) is 0 Å². The molecule has 1 aliphatic carbocycles. The van der Waals surface area contributed by atoms with E-state index in [-0.39, 0.29) is 13.0 Å². The largest absolute Gasteiger partial charge is 0.481 e. The van der Waals surface area contributed by atoms with E-state index >= 15 is 0 Å². The number of aliphatic carboxylic acids is 2. The normalized spacial score (nSPS) is 19.8. The molecule has 0 radical (unpaired) electrons. The molecule has 9 heteroatoms. The Labute approximate surface area is 183 Å². The van der Waals surface area contributed by atoms with Gasteiger partial charge in [-0.15, -0.1) is 0 Å². The van der Waals surface area contributed by atoms with Gasteiger partial charge in [-0.2, -0.15) is 0 Å². The van der Waals surface area contributed by atoms with Gasteiger partial charge < -0.3 is 24.4 Å². The molecule has 1 rings (SSSR count). The van der Waals surface area contributed by atoms with Crippen LogP contribution in [0.1, 0.15) is 51.9 Å². The van der Waals surface area contributed by atoms with Gasteiger partial charge in [-0.3, -0.25) is 9.59 Å². The first kappa shape index (κ1) is 28.3. The zero-order valence-corrected chi connectivity index (χ0v) is 18.2. The zero-order chi connectivity index (χ0) is 23.7. The highest BCUT2D eigenvalue weighted by Crippen LogP contribution is 2.44. The lowest BCUT2D eigenvalue weighted by molar-refractivity contribution is -0.168. The number of hydrogen-bond acceptors (Lipinski definition) is 7. The van der Waals surface area contributed by atoms with Crippen LogP contribution in [0.15, 0.2) is 25.3 Å². The van der Waals surface area contributed by atoms with Crippen LogP contribution in [-0.2, 0) is 33.4 Å². The van der Waals surface area contributed by atoms with Crippen molar-refractivity contribution in [2.75, 3.05) is 26.4 Å². The average Bonchev–Trinajstić information content (AvgIpc) is 2.76. The van der Waals surface area contributed by atoms with E-state index in [2.05, 4.69) is 24.8 Å². The summed E-state index contributed by atoms with van der Waals surface area (Å²) in [5.41, 5.74) is -1.34. The van der Waals surface area contributed by atoms with E-state index in [9.17, 15) is 29.4 Å². The lowest BCUT2D eigenvalue weighted by Gasteiger charge is -2.38. The molecule has 0 aliphatic heterocycles. The van der Waals surface area contributed by atoms with E-state index in [4.69, 9.17) is 9.47 Å². The van der Waals surface area contributed by atoms with Gasteiger partial charge in [-0.1, -0.05) is 39.3 Å². The Morgan fingerprint density at radius 1 is 0.968 bits per heavy atom. The Kier molecular flexibility index (Phi) is 14.7. The first-order valence-corrected chi connectivity index (χ1v) is 10.4. The predicted molar refractivity (Wildman–Crippen MR) is 112 cm³/mol. The van der Waals surface area contributed by atoms with E-state index < -0.39 is 35.2 Å². The van der Waals surface area contributed by atoms with Gasteiger partial charge in [-0.25, -0.2) is 9.59 Å². The van der Waals surface area contributed by atoms with E-state index in [1.165, 1.54) is 0 Å². The van der Waals surface area contributed by atoms with Gasteiger partial charge in [0.15, 0.2) is 0 Å². The van der Waals surface area contributed by atoms with Crippen molar-refractivity contribution >= 4 is 23.9 Å². The smallest absolute Gasteiger partial charge is 0.330 e. The van der Waals surface area contributed by atoms with Crippen LogP contribution < -0.4 is 0 Å². The maximum absolute atomic E-state index is 11.5. The fraction of sp³-hybridized carbons (Fsp3) is 0.636. The Morgan fingerprint density at radius 2 is 1.58 bits per heavy atom. The Morgan fingerprint density at radius 3 is 2.10 bits per heavy atom. The second-order valence-electron chi connectivity index (χ2n) is 7.06. The van der Waals surface area contributed by atoms with Crippen molar-refractivity contribution in [1.29, 1.82) is 0 Å². The maximum Gasteiger partial charge on any atom is 0.330 e. The number of carboxylic acid groups (broad SMARTS) is 2. The summed E-state index contributed by atoms with van der Waals surface area (Å²) in [5.74, 6) is -4.19. The van der Waals surface area contributed by atoms with Crippen LogP contribution >= 0.6 is 0 Å². The number of esters is 2. The molecule has 1 fully saturated rings. The fourth-order valence-electron chi connectivity index (χ4n) is 3.26. The van der Waals surface area contributed by atoms with Gasteiger partial charge in [0.25, 0.3) is 0 Å². The highest BCUT2D eigenvalue weighted by molar-refractivity contribution is 5.84. The number of ether oxygens (including phenoxy) is 3. The zero-order valence-electron chi connectivity index (χ0n) is 18.2. The summed E-state index contributed by atoms with van der Waals surface area (Å²) >= 11 is 0. The van der Waals surface area contributed by atoms with Gasteiger partial charge in [0, 0.05) is 18.8 Å². The third-order valence-electron chi connectivity index (χ3n) is 5.00. The number of carboxylic acids is 2. The SMILES string of the molecule is C=CC(=O)OCCC1(C(=O)O)CCCCC1C(=O)O.C=CC(=O)OCCOCCCC. The molecule has 1 aliphatic rings. The average molecular weight is 443 g/mol. The Hall–Kier alpha value is -2.68. The molecule has 9 nitrogen and oxygen atoms in total. The molecule has 2 unspecified atom stereocenters. The molecule has 0 aromatic carbocycles. The maximum atomic E-state index is 11.5. The fourth-order valence-corrected chi connectivity index (χ4v) is 3.26. The highest BCUT2D eigenvalue weighted by Gasteiger charge is 2.50. The molecule has 0 spiro atoms. The molecule has 2 atom stereocenters. The third-order valence-corrected chi connectivity index (χ3v) is 5.00. The minimum Gasteiger partial charge on any atom is -0.481 e. The first-order chi connectivity index (χ1) is 14.7. The monoisotopic (exact) mass is 442 g/mol. The van der Waals surface area contributed by atoms with Gasteiger partial charge >= 0.3 is 23.9 Å². The molecule has 2 N–H and O–H groups in total. The number of carbonyl (C=O) groups is 4. The molecular weight excluding hydrogens is 408 g/mol. The van der Waals surface area contributed by atoms with Crippen molar-refractivity contribution in [1.82, 2.24) is 0 Å². The van der Waals surface area contributed by atoms with Crippen molar-refractivity contribution in [3.05, 3.63) is 25.3 Å². The second kappa shape index (κ2) is 16.1. The highest BCUT2D eigenvalue weighted by atomic mass is 16.6. The van der Waals surface area contributed by atoms with Crippen LogP contribution in [0.2, 0.25) is 0 Å². The van der Waals surface area contributed by atoms with Crippen LogP contribution in [0, 0.1) is 11.3 Å². The summed E-state index contributed by atoms with van der Waals surface area (Å²) in [6.45, 7) is 10.0. The van der Waals surface area contributed by atoms with Gasteiger partial charge in [0.2, 0.25) is 0 Å². The topological polar surface area (TPSA) is 136 Å². The van der Waals surface area contributed by atoms with Gasteiger partial charge in [0.05, 0.1) is 24.5 Å². The molecule has 1 saturated carbocycles. The summed E-state index contributed by atoms with van der Waals surface area (Å²) in [4.78, 5) is 44.2. The molecule has 0 aromatic rings. The molecule has 0 heterocycles. The molecule has 176 valence electrons. The Bertz CT molecular complexity index is 614. The quantitative estimate of drug-likeness (QED) is 0.250. The third kappa shape index (κ3) is 10.8. The van der Waals surface area contributed by atoms with Crippen LogP contribution in [0.25, 0.3) is 0 Å². The number of rotatable bonds is 13. The van der Waals surface area contributed by atoms with Crippen LogP contribution in [0.5, 0.6) is 0 Å². The molecule has 0 aromatic heterocycles. The minimum atomic E-state index is -1.34. The van der Waals surface area contributed by atoms with E-state index in [0.29, 0.717) is 38.9 Å². The molecule has 0 bridgehead atoms. The van der Waals surface area contributed by atoms with Crippen LogP contribution in [-0.4, -0.2) is 60.5 Å². The number of carbonyl (C=O) groups excluding carboxylic acids is 2. The van der Waals surface area contributed by atoms with E-state index in [0.717, 1.165) is 31.6 Å². The summed E-state index contributed by atoms with van der Waals surface area (Å²) in [5, 5.41) is 18.6. The Balaban J connectivity index is 0.000000649. The number of hydrogen-bond donors (Lipinski definition) is 2. The first-order valence-electron chi connectivity index (χ1n) is 10.4. The van der Waals surface area contributed by atoms with Crippen LogP contribution in [0.3, 0.4) is 0 Å². The van der Waals surface area contributed by atoms with Crippen molar-refractivity contribution in [3.63, 3.8) is 0 Å². The van der Waals surface area contributed by atoms with E-state index in [1.807, 2.05) is 0 Å². The number of unbranched alkanes of at least 4 members (excludes halogenated alkanes) is 1. The van der Waals surface area contributed by atoms with Gasteiger partial charge in [-0.05, 0) is 25.7 Å². The second-order valence-corrected chi connectivity index (χ2v) is 7.06. The minimum absolute atomic E-state index is 0.0128. The van der Waals surface area contributed by atoms with Crippen molar-refractivity contribution < 1.29 is 43.6 Å².